The SMILES string of the molecule is CC.CCCN(C)C(=O)c1cccc(CN)c1. The van der Waals surface area contributed by atoms with Crippen LogP contribution < -0.4 is 5.73 Å². The summed E-state index contributed by atoms with van der Waals surface area (Å²) >= 11 is 0. The Morgan fingerprint density at radius 1 is 1.35 bits per heavy atom. The van der Waals surface area contributed by atoms with E-state index in [2.05, 4.69) is 6.92 Å². The van der Waals surface area contributed by atoms with E-state index < -0.39 is 0 Å². The molecule has 0 fully saturated rings. The minimum Gasteiger partial charge on any atom is -0.342 e. The maximum absolute atomic E-state index is 11.9. The molecule has 3 heteroatoms. The minimum atomic E-state index is 0.0622. The average Bonchev–Trinajstić information content (AvgIpc) is 2.40. The molecule has 2 N–H and O–H groups in total. The van der Waals surface area contributed by atoms with Crippen LogP contribution in [0.25, 0.3) is 0 Å². The summed E-state index contributed by atoms with van der Waals surface area (Å²) in [6.07, 6.45) is 0.971. The third-order valence-electron chi connectivity index (χ3n) is 2.32. The van der Waals surface area contributed by atoms with Gasteiger partial charge in [0.15, 0.2) is 0 Å². The van der Waals surface area contributed by atoms with E-state index in [1.807, 2.05) is 45.2 Å². The molecule has 1 aromatic rings. The molecule has 17 heavy (non-hydrogen) atoms. The van der Waals surface area contributed by atoms with E-state index in [9.17, 15) is 4.79 Å². The monoisotopic (exact) mass is 236 g/mol. The summed E-state index contributed by atoms with van der Waals surface area (Å²) in [6.45, 7) is 7.31. The Bertz CT molecular complexity index is 337. The van der Waals surface area contributed by atoms with Crippen molar-refractivity contribution in [1.82, 2.24) is 4.90 Å². The van der Waals surface area contributed by atoms with Crippen LogP contribution in [0, 0.1) is 0 Å². The van der Waals surface area contributed by atoms with Crippen molar-refractivity contribution < 1.29 is 4.79 Å². The fraction of sp³-hybridized carbons (Fsp3) is 0.500. The Morgan fingerprint density at radius 3 is 2.53 bits per heavy atom. The topological polar surface area (TPSA) is 46.3 Å². The van der Waals surface area contributed by atoms with E-state index in [1.165, 1.54) is 0 Å². The molecule has 0 aliphatic rings. The normalized spacial score (nSPS) is 9.24. The summed E-state index contributed by atoms with van der Waals surface area (Å²) in [5.74, 6) is 0.0622. The number of amides is 1. The van der Waals surface area contributed by atoms with Crippen molar-refractivity contribution in [2.45, 2.75) is 33.7 Å². The van der Waals surface area contributed by atoms with Crippen LogP contribution in [0.3, 0.4) is 0 Å². The second kappa shape index (κ2) is 8.76. The van der Waals surface area contributed by atoms with Gasteiger partial charge in [0.25, 0.3) is 5.91 Å². The summed E-state index contributed by atoms with van der Waals surface area (Å²) in [4.78, 5) is 13.6. The van der Waals surface area contributed by atoms with Crippen molar-refractivity contribution in [2.75, 3.05) is 13.6 Å². The minimum absolute atomic E-state index is 0.0622. The number of carbonyl (C=O) groups excluding carboxylic acids is 1. The van der Waals surface area contributed by atoms with Gasteiger partial charge in [-0.15, -0.1) is 0 Å². The molecule has 0 atom stereocenters. The third-order valence-corrected chi connectivity index (χ3v) is 2.32. The van der Waals surface area contributed by atoms with Gasteiger partial charge < -0.3 is 10.6 Å². The van der Waals surface area contributed by atoms with E-state index in [1.54, 1.807) is 4.90 Å². The van der Waals surface area contributed by atoms with Crippen molar-refractivity contribution >= 4 is 5.91 Å². The average molecular weight is 236 g/mol. The Balaban J connectivity index is 0.00000121. The number of hydrogen-bond acceptors (Lipinski definition) is 2. The molecular formula is C14H24N2O. The molecule has 0 saturated carbocycles. The summed E-state index contributed by atoms with van der Waals surface area (Å²) in [5.41, 5.74) is 7.24. The van der Waals surface area contributed by atoms with Crippen LogP contribution in [0.1, 0.15) is 43.1 Å². The summed E-state index contributed by atoms with van der Waals surface area (Å²) in [5, 5.41) is 0. The number of hydrogen-bond donors (Lipinski definition) is 1. The van der Waals surface area contributed by atoms with Gasteiger partial charge in [0.05, 0.1) is 0 Å². The molecule has 3 nitrogen and oxygen atoms in total. The van der Waals surface area contributed by atoms with Crippen LogP contribution >= 0.6 is 0 Å². The van der Waals surface area contributed by atoms with E-state index in [-0.39, 0.29) is 5.91 Å². The molecular weight excluding hydrogens is 212 g/mol. The molecule has 0 saturated heterocycles. The van der Waals surface area contributed by atoms with Crippen LogP contribution in [-0.2, 0) is 6.54 Å². The highest BCUT2D eigenvalue weighted by Crippen LogP contribution is 2.07. The zero-order chi connectivity index (χ0) is 13.3. The van der Waals surface area contributed by atoms with E-state index in [0.717, 1.165) is 18.5 Å². The van der Waals surface area contributed by atoms with Gasteiger partial charge in [-0.25, -0.2) is 0 Å². The number of nitrogens with two attached hydrogens (primary N) is 1. The largest absolute Gasteiger partial charge is 0.342 e. The molecule has 0 heterocycles. The van der Waals surface area contributed by atoms with Gasteiger partial charge in [0, 0.05) is 25.7 Å². The van der Waals surface area contributed by atoms with Crippen molar-refractivity contribution in [3.05, 3.63) is 35.4 Å². The van der Waals surface area contributed by atoms with Gasteiger partial charge in [-0.1, -0.05) is 32.9 Å². The highest BCUT2D eigenvalue weighted by molar-refractivity contribution is 5.94. The lowest BCUT2D eigenvalue weighted by atomic mass is 10.1. The van der Waals surface area contributed by atoms with E-state index in [4.69, 9.17) is 5.73 Å². The maximum Gasteiger partial charge on any atom is 0.253 e. The van der Waals surface area contributed by atoms with Gasteiger partial charge in [0.1, 0.15) is 0 Å². The van der Waals surface area contributed by atoms with Crippen LogP contribution in [0.4, 0.5) is 0 Å². The van der Waals surface area contributed by atoms with Gasteiger partial charge in [-0.05, 0) is 24.1 Å². The second-order valence-electron chi connectivity index (χ2n) is 3.63. The first-order chi connectivity index (χ1) is 8.19. The lowest BCUT2D eigenvalue weighted by molar-refractivity contribution is 0.0795. The van der Waals surface area contributed by atoms with Gasteiger partial charge in [-0.3, -0.25) is 4.79 Å². The smallest absolute Gasteiger partial charge is 0.253 e. The van der Waals surface area contributed by atoms with Gasteiger partial charge in [-0.2, -0.15) is 0 Å². The molecule has 96 valence electrons. The lowest BCUT2D eigenvalue weighted by Gasteiger charge is -2.16. The summed E-state index contributed by atoms with van der Waals surface area (Å²) in [6, 6.07) is 7.48. The van der Waals surface area contributed by atoms with Crippen molar-refractivity contribution in [1.29, 1.82) is 0 Å². The number of nitrogens with zero attached hydrogens (tertiary/aromatic N) is 1. The molecule has 0 unspecified atom stereocenters. The predicted molar refractivity (Wildman–Crippen MR) is 72.9 cm³/mol. The molecule has 1 aromatic carbocycles. The van der Waals surface area contributed by atoms with E-state index in [0.29, 0.717) is 12.1 Å². The Hall–Kier alpha value is -1.35. The molecule has 1 amide bonds. The molecule has 0 radical (unpaired) electrons. The molecule has 0 spiro atoms. The fourth-order valence-corrected chi connectivity index (χ4v) is 1.49. The zero-order valence-corrected chi connectivity index (χ0v) is 11.4. The van der Waals surface area contributed by atoms with Gasteiger partial charge >= 0.3 is 0 Å². The summed E-state index contributed by atoms with van der Waals surface area (Å²) in [7, 11) is 1.82. The van der Waals surface area contributed by atoms with Gasteiger partial charge in [0.2, 0.25) is 0 Å². The molecule has 0 aliphatic heterocycles. The Kier molecular flexibility index (Phi) is 8.07. The van der Waals surface area contributed by atoms with Crippen molar-refractivity contribution in [2.24, 2.45) is 5.73 Å². The Morgan fingerprint density at radius 2 is 2.00 bits per heavy atom. The fourth-order valence-electron chi connectivity index (χ4n) is 1.49. The zero-order valence-electron chi connectivity index (χ0n) is 11.4. The molecule has 1 rings (SSSR count). The van der Waals surface area contributed by atoms with Crippen LogP contribution in [-0.4, -0.2) is 24.4 Å². The number of benzene rings is 1. The summed E-state index contributed by atoms with van der Waals surface area (Å²) < 4.78 is 0. The maximum atomic E-state index is 11.9. The highest BCUT2D eigenvalue weighted by Gasteiger charge is 2.10. The van der Waals surface area contributed by atoms with Crippen molar-refractivity contribution in [3.8, 4) is 0 Å². The quantitative estimate of drug-likeness (QED) is 0.873. The molecule has 0 aromatic heterocycles. The van der Waals surface area contributed by atoms with Crippen LogP contribution in [0.5, 0.6) is 0 Å². The van der Waals surface area contributed by atoms with Crippen molar-refractivity contribution in [3.63, 3.8) is 0 Å². The van der Waals surface area contributed by atoms with E-state index >= 15 is 0 Å². The number of rotatable bonds is 4. The standard InChI is InChI=1S/C12H18N2O.C2H6/c1-3-7-14(2)12(15)11-6-4-5-10(8-11)9-13;1-2/h4-6,8H,3,7,9,13H2,1-2H3;1-2H3. The highest BCUT2D eigenvalue weighted by atomic mass is 16.2. The first-order valence-corrected chi connectivity index (χ1v) is 6.23. The molecule has 0 bridgehead atoms. The van der Waals surface area contributed by atoms with Crippen LogP contribution in [0.2, 0.25) is 0 Å². The third kappa shape index (κ3) is 5.00. The number of carbonyl (C=O) groups is 1. The predicted octanol–water partition coefficient (Wildman–Crippen LogP) is 2.65. The second-order valence-corrected chi connectivity index (χ2v) is 3.63. The molecule has 0 aliphatic carbocycles. The first kappa shape index (κ1) is 15.7. The van der Waals surface area contributed by atoms with Crippen LogP contribution in [0.15, 0.2) is 24.3 Å². The lowest BCUT2D eigenvalue weighted by Crippen LogP contribution is -2.27. The first-order valence-electron chi connectivity index (χ1n) is 6.23. The Labute approximate surface area is 105 Å².